The largest absolute Gasteiger partial charge is 0.326 e. The molecule has 0 saturated carbocycles. The highest BCUT2D eigenvalue weighted by atomic mass is 32.1. The third-order valence-electron chi connectivity index (χ3n) is 4.82. The van der Waals surface area contributed by atoms with Gasteiger partial charge in [0, 0.05) is 25.6 Å². The number of aryl methyl sites for hydroxylation is 3. The SMILES string of the molecule is CCc1cccc(NC(=O)CCCc2nnc3n(C)c(=O)c4sccc4n23)c1. The number of hydrogen-bond acceptors (Lipinski definition) is 5. The van der Waals surface area contributed by atoms with Crippen molar-refractivity contribution in [2.45, 2.75) is 32.6 Å². The maximum atomic E-state index is 12.4. The first-order valence-corrected chi connectivity index (χ1v) is 10.2. The minimum absolute atomic E-state index is 0.0184. The molecule has 0 atom stereocenters. The molecule has 28 heavy (non-hydrogen) atoms. The van der Waals surface area contributed by atoms with E-state index in [0.717, 1.165) is 23.4 Å². The number of fused-ring (bicyclic) bond motifs is 3. The van der Waals surface area contributed by atoms with Crippen LogP contribution in [0.1, 0.15) is 31.2 Å². The van der Waals surface area contributed by atoms with Gasteiger partial charge in [0.05, 0.1) is 5.52 Å². The number of thiophene rings is 1. The van der Waals surface area contributed by atoms with Crippen molar-refractivity contribution in [3.63, 3.8) is 0 Å². The second-order valence-corrected chi connectivity index (χ2v) is 7.62. The standard InChI is InChI=1S/C20H21N5O2S/c1-3-13-6-4-7-14(12-13)21-17(26)9-5-8-16-22-23-20-24(2)19(27)18-15(25(16)20)10-11-28-18/h4,6-7,10-12H,3,5,8-9H2,1-2H3,(H,21,26). The van der Waals surface area contributed by atoms with Crippen molar-refractivity contribution < 1.29 is 4.79 Å². The normalized spacial score (nSPS) is 11.4. The molecule has 1 aromatic carbocycles. The first-order valence-electron chi connectivity index (χ1n) is 9.27. The number of nitrogens with zero attached hydrogens (tertiary/aromatic N) is 4. The first-order chi connectivity index (χ1) is 13.6. The Morgan fingerprint density at radius 2 is 2.11 bits per heavy atom. The van der Waals surface area contributed by atoms with Gasteiger partial charge < -0.3 is 5.32 Å². The van der Waals surface area contributed by atoms with Gasteiger partial charge in [-0.3, -0.25) is 18.6 Å². The van der Waals surface area contributed by atoms with Crippen molar-refractivity contribution in [3.05, 3.63) is 57.5 Å². The molecule has 3 heterocycles. The first kappa shape index (κ1) is 18.4. The van der Waals surface area contributed by atoms with Crippen LogP contribution in [0, 0.1) is 0 Å². The molecule has 0 saturated heterocycles. The fourth-order valence-electron chi connectivity index (χ4n) is 3.31. The second-order valence-electron chi connectivity index (χ2n) is 6.71. The van der Waals surface area contributed by atoms with E-state index < -0.39 is 0 Å². The van der Waals surface area contributed by atoms with Gasteiger partial charge in [-0.15, -0.1) is 21.5 Å². The van der Waals surface area contributed by atoms with Crippen LogP contribution >= 0.6 is 11.3 Å². The van der Waals surface area contributed by atoms with Gasteiger partial charge in [-0.1, -0.05) is 19.1 Å². The molecule has 1 amide bonds. The number of hydrogen-bond donors (Lipinski definition) is 1. The third-order valence-corrected chi connectivity index (χ3v) is 5.71. The summed E-state index contributed by atoms with van der Waals surface area (Å²) in [5.41, 5.74) is 2.78. The lowest BCUT2D eigenvalue weighted by atomic mass is 10.1. The lowest BCUT2D eigenvalue weighted by molar-refractivity contribution is -0.116. The zero-order valence-corrected chi connectivity index (χ0v) is 16.6. The van der Waals surface area contributed by atoms with Gasteiger partial charge >= 0.3 is 0 Å². The molecular weight excluding hydrogens is 374 g/mol. The molecule has 4 aromatic rings. The van der Waals surface area contributed by atoms with Crippen molar-refractivity contribution in [2.24, 2.45) is 7.05 Å². The third kappa shape index (κ3) is 3.31. The lowest BCUT2D eigenvalue weighted by Gasteiger charge is -2.07. The molecule has 0 aliphatic carbocycles. The molecule has 0 aliphatic heterocycles. The summed E-state index contributed by atoms with van der Waals surface area (Å²) >= 11 is 1.41. The topological polar surface area (TPSA) is 81.3 Å². The van der Waals surface area contributed by atoms with E-state index in [4.69, 9.17) is 0 Å². The molecule has 0 fully saturated rings. The Kier molecular flexibility index (Phi) is 4.95. The fraction of sp³-hybridized carbons (Fsp3) is 0.300. The van der Waals surface area contributed by atoms with Gasteiger partial charge in [-0.25, -0.2) is 0 Å². The molecule has 3 aromatic heterocycles. The summed E-state index contributed by atoms with van der Waals surface area (Å²) in [4.78, 5) is 24.7. The van der Waals surface area contributed by atoms with Crippen molar-refractivity contribution >= 4 is 38.9 Å². The highest BCUT2D eigenvalue weighted by Crippen LogP contribution is 2.20. The van der Waals surface area contributed by atoms with Crippen LogP contribution in [0.25, 0.3) is 16.0 Å². The molecule has 4 rings (SSSR count). The van der Waals surface area contributed by atoms with Crippen LogP contribution in [0.15, 0.2) is 40.5 Å². The Morgan fingerprint density at radius 1 is 1.25 bits per heavy atom. The smallest absolute Gasteiger partial charge is 0.272 e. The maximum absolute atomic E-state index is 12.4. The van der Waals surface area contributed by atoms with Gasteiger partial charge in [0.1, 0.15) is 10.5 Å². The summed E-state index contributed by atoms with van der Waals surface area (Å²) in [6.07, 6.45) is 2.58. The van der Waals surface area contributed by atoms with Crippen LogP contribution in [0.4, 0.5) is 5.69 Å². The monoisotopic (exact) mass is 395 g/mol. The average molecular weight is 395 g/mol. The number of rotatable bonds is 6. The highest BCUT2D eigenvalue weighted by Gasteiger charge is 2.15. The van der Waals surface area contributed by atoms with Crippen LogP contribution in [0.5, 0.6) is 0 Å². The van der Waals surface area contributed by atoms with E-state index in [2.05, 4.69) is 22.4 Å². The second kappa shape index (κ2) is 7.55. The molecule has 0 aliphatic rings. The van der Waals surface area contributed by atoms with E-state index in [0.29, 0.717) is 29.7 Å². The summed E-state index contributed by atoms with van der Waals surface area (Å²) in [6, 6.07) is 9.81. The number of aromatic nitrogens is 4. The Balaban J connectivity index is 1.47. The van der Waals surface area contributed by atoms with E-state index in [-0.39, 0.29) is 11.5 Å². The summed E-state index contributed by atoms with van der Waals surface area (Å²) < 4.78 is 4.11. The average Bonchev–Trinajstić information content (AvgIpc) is 3.33. The predicted molar refractivity (Wildman–Crippen MR) is 111 cm³/mol. The number of amides is 1. The number of anilines is 1. The fourth-order valence-corrected chi connectivity index (χ4v) is 4.17. The van der Waals surface area contributed by atoms with Crippen LogP contribution in [0.2, 0.25) is 0 Å². The maximum Gasteiger partial charge on any atom is 0.272 e. The van der Waals surface area contributed by atoms with Crippen molar-refractivity contribution in [1.29, 1.82) is 0 Å². The Morgan fingerprint density at radius 3 is 2.93 bits per heavy atom. The van der Waals surface area contributed by atoms with Crippen LogP contribution in [0.3, 0.4) is 0 Å². The summed E-state index contributed by atoms with van der Waals surface area (Å²) in [6.45, 7) is 2.09. The number of carbonyl (C=O) groups is 1. The van der Waals surface area contributed by atoms with Gasteiger partial charge in [-0.05, 0) is 42.0 Å². The number of carbonyl (C=O) groups excluding carboxylic acids is 1. The molecule has 0 radical (unpaired) electrons. The number of nitrogens with one attached hydrogen (secondary N) is 1. The van der Waals surface area contributed by atoms with Gasteiger partial charge in [-0.2, -0.15) is 0 Å². The summed E-state index contributed by atoms with van der Waals surface area (Å²) in [5.74, 6) is 1.26. The van der Waals surface area contributed by atoms with Gasteiger partial charge in [0.2, 0.25) is 11.7 Å². The minimum atomic E-state index is -0.0647. The Hall–Kier alpha value is -3.00. The van der Waals surface area contributed by atoms with Crippen molar-refractivity contribution in [2.75, 3.05) is 5.32 Å². The minimum Gasteiger partial charge on any atom is -0.326 e. The Bertz CT molecular complexity index is 1220. The van der Waals surface area contributed by atoms with E-state index in [1.54, 1.807) is 7.05 Å². The van der Waals surface area contributed by atoms with Crippen LogP contribution < -0.4 is 10.9 Å². The van der Waals surface area contributed by atoms with Gasteiger partial charge in [0.25, 0.3) is 5.56 Å². The van der Waals surface area contributed by atoms with E-state index in [1.165, 1.54) is 21.5 Å². The van der Waals surface area contributed by atoms with E-state index in [9.17, 15) is 9.59 Å². The quantitative estimate of drug-likeness (QED) is 0.544. The number of benzene rings is 1. The van der Waals surface area contributed by atoms with Crippen LogP contribution in [-0.2, 0) is 24.7 Å². The molecule has 144 valence electrons. The predicted octanol–water partition coefficient (Wildman–Crippen LogP) is 3.17. The van der Waals surface area contributed by atoms with Crippen LogP contribution in [-0.4, -0.2) is 25.1 Å². The summed E-state index contributed by atoms with van der Waals surface area (Å²) in [7, 11) is 1.70. The molecule has 0 spiro atoms. The van der Waals surface area contributed by atoms with Crippen molar-refractivity contribution in [1.82, 2.24) is 19.2 Å². The molecular formula is C20H21N5O2S. The molecule has 8 heteroatoms. The molecule has 0 unspecified atom stereocenters. The zero-order chi connectivity index (χ0) is 19.7. The molecule has 0 bridgehead atoms. The van der Waals surface area contributed by atoms with E-state index in [1.807, 2.05) is 40.1 Å². The Labute approximate surface area is 165 Å². The van der Waals surface area contributed by atoms with Gasteiger partial charge in [0.15, 0.2) is 0 Å². The lowest BCUT2D eigenvalue weighted by Crippen LogP contribution is -2.19. The highest BCUT2D eigenvalue weighted by molar-refractivity contribution is 7.17. The van der Waals surface area contributed by atoms with Crippen molar-refractivity contribution in [3.8, 4) is 0 Å². The summed E-state index contributed by atoms with van der Waals surface area (Å²) in [5, 5.41) is 13.3. The van der Waals surface area contributed by atoms with E-state index >= 15 is 0 Å². The zero-order valence-electron chi connectivity index (χ0n) is 15.8. The molecule has 1 N–H and O–H groups in total. The molecule has 7 nitrogen and oxygen atoms in total.